The van der Waals surface area contributed by atoms with Gasteiger partial charge in [0.05, 0.1) is 11.9 Å². The molecule has 3 nitrogen and oxygen atoms in total. The smallest absolute Gasteiger partial charge is 0.384 e. The first-order valence-electron chi connectivity index (χ1n) is 5.00. The lowest BCUT2D eigenvalue weighted by Crippen LogP contribution is -2.36. The quantitative estimate of drug-likeness (QED) is 0.867. The third-order valence-electron chi connectivity index (χ3n) is 2.44. The summed E-state index contributed by atoms with van der Waals surface area (Å²) in [5, 5.41) is 0. The Bertz CT molecular complexity index is 357. The Kier molecular flexibility index (Phi) is 2.65. The summed E-state index contributed by atoms with van der Waals surface area (Å²) in [7, 11) is 0. The molecule has 1 aliphatic rings. The second kappa shape index (κ2) is 3.84. The molecule has 16 heavy (non-hydrogen) atoms. The van der Waals surface area contributed by atoms with Crippen molar-refractivity contribution in [1.82, 2.24) is 4.98 Å². The maximum absolute atomic E-state index is 12.4. The summed E-state index contributed by atoms with van der Waals surface area (Å²) in [6.07, 6.45) is -1.19. The van der Waals surface area contributed by atoms with Crippen molar-refractivity contribution in [2.45, 2.75) is 25.1 Å². The molecule has 0 unspecified atom stereocenters. The molecule has 1 aromatic heterocycles. The van der Waals surface area contributed by atoms with Gasteiger partial charge in [-0.05, 0) is 25.0 Å². The average molecular weight is 231 g/mol. The molecular weight excluding hydrogens is 219 g/mol. The number of anilines is 2. The molecular formula is C10H12F3N3. The molecule has 1 aliphatic carbocycles. The number of hydrogen-bond acceptors (Lipinski definition) is 3. The summed E-state index contributed by atoms with van der Waals surface area (Å²) in [6.45, 7) is -0.927. The molecule has 0 saturated heterocycles. The summed E-state index contributed by atoms with van der Waals surface area (Å²) in [5.41, 5.74) is 5.87. The first-order valence-corrected chi connectivity index (χ1v) is 5.00. The van der Waals surface area contributed by atoms with Crippen molar-refractivity contribution in [3.05, 3.63) is 18.3 Å². The van der Waals surface area contributed by atoms with E-state index < -0.39 is 12.7 Å². The normalized spacial score (nSPS) is 16.2. The lowest BCUT2D eigenvalue weighted by atomic mass is 10.3. The van der Waals surface area contributed by atoms with Crippen LogP contribution in [0.25, 0.3) is 0 Å². The zero-order valence-corrected chi connectivity index (χ0v) is 8.54. The van der Waals surface area contributed by atoms with E-state index in [2.05, 4.69) is 4.98 Å². The molecule has 0 aromatic carbocycles. The maximum atomic E-state index is 12.4. The Labute approximate surface area is 91.1 Å². The monoisotopic (exact) mass is 231 g/mol. The number of pyridine rings is 1. The summed E-state index contributed by atoms with van der Waals surface area (Å²) in [5.74, 6) is 0.312. The van der Waals surface area contributed by atoms with Gasteiger partial charge in [0.15, 0.2) is 0 Å². The van der Waals surface area contributed by atoms with E-state index in [9.17, 15) is 13.2 Å². The highest BCUT2D eigenvalue weighted by atomic mass is 19.4. The van der Waals surface area contributed by atoms with Crippen molar-refractivity contribution in [2.24, 2.45) is 0 Å². The minimum absolute atomic E-state index is 0.00736. The van der Waals surface area contributed by atoms with E-state index in [4.69, 9.17) is 5.73 Å². The van der Waals surface area contributed by atoms with Crippen LogP contribution in [0.15, 0.2) is 18.3 Å². The number of nitrogen functional groups attached to an aromatic ring is 1. The van der Waals surface area contributed by atoms with Crippen LogP contribution >= 0.6 is 0 Å². The van der Waals surface area contributed by atoms with E-state index in [1.54, 1.807) is 6.07 Å². The van der Waals surface area contributed by atoms with E-state index in [1.165, 1.54) is 17.2 Å². The SMILES string of the molecule is Nc1ccc(N(CC(F)(F)F)C2CC2)cn1. The molecule has 6 heteroatoms. The van der Waals surface area contributed by atoms with E-state index in [-0.39, 0.29) is 6.04 Å². The van der Waals surface area contributed by atoms with Gasteiger partial charge in [-0.2, -0.15) is 13.2 Å². The Morgan fingerprint density at radius 2 is 2.06 bits per heavy atom. The van der Waals surface area contributed by atoms with Crippen molar-refractivity contribution in [3.63, 3.8) is 0 Å². The van der Waals surface area contributed by atoms with E-state index in [0.29, 0.717) is 11.5 Å². The summed E-state index contributed by atoms with van der Waals surface area (Å²) in [6, 6.07) is 3.08. The first kappa shape index (κ1) is 11.0. The van der Waals surface area contributed by atoms with Gasteiger partial charge in [0.25, 0.3) is 0 Å². The fraction of sp³-hybridized carbons (Fsp3) is 0.500. The predicted molar refractivity (Wildman–Crippen MR) is 55.1 cm³/mol. The first-order chi connectivity index (χ1) is 7.46. The number of aromatic nitrogens is 1. The van der Waals surface area contributed by atoms with Crippen LogP contribution in [0.4, 0.5) is 24.7 Å². The molecule has 0 atom stereocenters. The lowest BCUT2D eigenvalue weighted by Gasteiger charge is -2.25. The lowest BCUT2D eigenvalue weighted by molar-refractivity contribution is -0.120. The molecule has 88 valence electrons. The van der Waals surface area contributed by atoms with Crippen LogP contribution in [-0.4, -0.2) is 23.7 Å². The standard InChI is InChI=1S/C10H12F3N3/c11-10(12,13)6-16(7-1-2-7)8-3-4-9(14)15-5-8/h3-5,7H,1-2,6H2,(H2,14,15). The van der Waals surface area contributed by atoms with Crippen LogP contribution in [0.1, 0.15) is 12.8 Å². The summed E-state index contributed by atoms with van der Waals surface area (Å²) >= 11 is 0. The number of halogens is 3. The molecule has 0 radical (unpaired) electrons. The second-order valence-corrected chi connectivity index (χ2v) is 3.92. The molecule has 0 aliphatic heterocycles. The highest BCUT2D eigenvalue weighted by molar-refractivity contribution is 5.50. The third kappa shape index (κ3) is 2.77. The zero-order valence-electron chi connectivity index (χ0n) is 8.54. The number of alkyl halides is 3. The Balaban J connectivity index is 2.16. The number of rotatable bonds is 3. The highest BCUT2D eigenvalue weighted by Crippen LogP contribution is 2.34. The van der Waals surface area contributed by atoms with Gasteiger partial charge in [-0.25, -0.2) is 4.98 Å². The van der Waals surface area contributed by atoms with Crippen molar-refractivity contribution < 1.29 is 13.2 Å². The number of nitrogens with zero attached hydrogens (tertiary/aromatic N) is 2. The van der Waals surface area contributed by atoms with Gasteiger partial charge in [-0.3, -0.25) is 0 Å². The van der Waals surface area contributed by atoms with Crippen LogP contribution in [0.2, 0.25) is 0 Å². The highest BCUT2D eigenvalue weighted by Gasteiger charge is 2.38. The van der Waals surface area contributed by atoms with Gasteiger partial charge >= 0.3 is 6.18 Å². The van der Waals surface area contributed by atoms with Crippen molar-refractivity contribution in [1.29, 1.82) is 0 Å². The third-order valence-corrected chi connectivity index (χ3v) is 2.44. The fourth-order valence-electron chi connectivity index (χ4n) is 1.58. The molecule has 0 spiro atoms. The van der Waals surface area contributed by atoms with Crippen molar-refractivity contribution in [2.75, 3.05) is 17.2 Å². The minimum Gasteiger partial charge on any atom is -0.384 e. The molecule has 0 bridgehead atoms. The molecule has 2 N–H and O–H groups in total. The summed E-state index contributed by atoms with van der Waals surface area (Å²) < 4.78 is 37.1. The number of nitrogens with two attached hydrogens (primary N) is 1. The van der Waals surface area contributed by atoms with Crippen molar-refractivity contribution >= 4 is 11.5 Å². The molecule has 1 heterocycles. The van der Waals surface area contributed by atoms with Crippen LogP contribution in [0, 0.1) is 0 Å². The topological polar surface area (TPSA) is 42.1 Å². The average Bonchev–Trinajstić information content (AvgIpc) is 2.97. The van der Waals surface area contributed by atoms with E-state index >= 15 is 0 Å². The van der Waals surface area contributed by atoms with E-state index in [1.807, 2.05) is 0 Å². The van der Waals surface area contributed by atoms with Gasteiger partial charge in [-0.1, -0.05) is 0 Å². The molecule has 0 amide bonds. The Morgan fingerprint density at radius 1 is 1.38 bits per heavy atom. The van der Waals surface area contributed by atoms with Gasteiger partial charge in [0.1, 0.15) is 12.4 Å². The Morgan fingerprint density at radius 3 is 2.50 bits per heavy atom. The van der Waals surface area contributed by atoms with Gasteiger partial charge in [0, 0.05) is 6.04 Å². The fourth-order valence-corrected chi connectivity index (χ4v) is 1.58. The Hall–Kier alpha value is -1.46. The van der Waals surface area contributed by atoms with Crippen molar-refractivity contribution in [3.8, 4) is 0 Å². The van der Waals surface area contributed by atoms with E-state index in [0.717, 1.165) is 12.8 Å². The van der Waals surface area contributed by atoms with Crippen LogP contribution < -0.4 is 10.6 Å². The molecule has 2 rings (SSSR count). The van der Waals surface area contributed by atoms with Gasteiger partial charge in [-0.15, -0.1) is 0 Å². The molecule has 1 fully saturated rings. The van der Waals surface area contributed by atoms with Crippen LogP contribution in [-0.2, 0) is 0 Å². The molecule has 1 saturated carbocycles. The second-order valence-electron chi connectivity index (χ2n) is 3.92. The predicted octanol–water partition coefficient (Wildman–Crippen LogP) is 2.19. The zero-order chi connectivity index (χ0) is 11.8. The maximum Gasteiger partial charge on any atom is 0.405 e. The van der Waals surface area contributed by atoms with Crippen LogP contribution in [0.5, 0.6) is 0 Å². The number of hydrogen-bond donors (Lipinski definition) is 1. The molecule has 1 aromatic rings. The largest absolute Gasteiger partial charge is 0.405 e. The van der Waals surface area contributed by atoms with Gasteiger partial charge in [0.2, 0.25) is 0 Å². The summed E-state index contributed by atoms with van der Waals surface area (Å²) in [4.78, 5) is 5.15. The van der Waals surface area contributed by atoms with Crippen LogP contribution in [0.3, 0.4) is 0 Å². The minimum atomic E-state index is -4.19. The van der Waals surface area contributed by atoms with Gasteiger partial charge < -0.3 is 10.6 Å².